The molecule has 10 heteroatoms. The van der Waals surface area contributed by atoms with Crippen molar-refractivity contribution in [1.82, 2.24) is 19.9 Å². The number of benzene rings is 2. The molecule has 2 aromatic heterocycles. The van der Waals surface area contributed by atoms with Gasteiger partial charge in [0, 0.05) is 36.3 Å². The van der Waals surface area contributed by atoms with Gasteiger partial charge in [0.15, 0.2) is 0 Å². The zero-order valence-electron chi connectivity index (χ0n) is 22.5. The third-order valence-electron chi connectivity index (χ3n) is 7.58. The molecule has 1 saturated carbocycles. The molecule has 2 heterocycles. The minimum Gasteiger partial charge on any atom is -0.394 e. The van der Waals surface area contributed by atoms with Crippen molar-refractivity contribution in [3.05, 3.63) is 89.4 Å². The number of fused-ring (bicyclic) bond motifs is 1. The number of carbonyl (C=O) groups excluding carboxylic acids is 2. The molecule has 9 nitrogen and oxygen atoms in total. The Morgan fingerprint density at radius 1 is 1.15 bits per heavy atom. The predicted molar refractivity (Wildman–Crippen MR) is 151 cm³/mol. The van der Waals surface area contributed by atoms with E-state index in [-0.39, 0.29) is 31.0 Å². The number of aromatic nitrogens is 2. The fourth-order valence-electron chi connectivity index (χ4n) is 4.92. The summed E-state index contributed by atoms with van der Waals surface area (Å²) in [5, 5.41) is 16.8. The summed E-state index contributed by atoms with van der Waals surface area (Å²) < 4.78 is 17.3. The van der Waals surface area contributed by atoms with Gasteiger partial charge < -0.3 is 26.1 Å². The highest BCUT2D eigenvalue weighted by Gasteiger charge is 2.33. The highest BCUT2D eigenvalue weighted by Crippen LogP contribution is 2.30. The van der Waals surface area contributed by atoms with Crippen molar-refractivity contribution in [3.8, 4) is 11.1 Å². The van der Waals surface area contributed by atoms with E-state index in [0.29, 0.717) is 23.0 Å². The number of nitrogens with zero attached hydrogens (tertiary/aromatic N) is 3. The number of carbonyl (C=O) groups is 2. The fourth-order valence-corrected chi connectivity index (χ4v) is 4.92. The second-order valence-corrected chi connectivity index (χ2v) is 10.3. The van der Waals surface area contributed by atoms with E-state index in [1.165, 1.54) is 16.8 Å². The van der Waals surface area contributed by atoms with E-state index in [9.17, 15) is 19.1 Å². The zero-order chi connectivity index (χ0) is 28.4. The lowest BCUT2D eigenvalue weighted by Crippen LogP contribution is -2.48. The molecule has 1 atom stereocenters. The van der Waals surface area contributed by atoms with Gasteiger partial charge in [0.05, 0.1) is 17.7 Å². The van der Waals surface area contributed by atoms with Crippen molar-refractivity contribution < 1.29 is 19.1 Å². The maximum absolute atomic E-state index is 14.0. The van der Waals surface area contributed by atoms with Crippen molar-refractivity contribution in [2.75, 3.05) is 19.1 Å². The van der Waals surface area contributed by atoms with Gasteiger partial charge in [0.25, 0.3) is 5.91 Å². The van der Waals surface area contributed by atoms with Gasteiger partial charge in [0.2, 0.25) is 5.91 Å². The molecular weight excluding hydrogens is 511 g/mol. The summed E-state index contributed by atoms with van der Waals surface area (Å²) in [5.41, 5.74) is 2.81. The maximum atomic E-state index is 14.0. The Kier molecular flexibility index (Phi) is 7.44. The normalized spacial score (nSPS) is 15.2. The van der Waals surface area contributed by atoms with Crippen molar-refractivity contribution in [1.29, 1.82) is 0 Å². The summed E-state index contributed by atoms with van der Waals surface area (Å²) in [7, 11) is 1.86. The number of rotatable bonds is 9. The number of hydrogen-bond acceptors (Lipinski definition) is 5. The maximum Gasteiger partial charge on any atom is 0.254 e. The van der Waals surface area contributed by atoms with Gasteiger partial charge >= 0.3 is 0 Å². The van der Waals surface area contributed by atoms with Crippen LogP contribution in [0.2, 0.25) is 0 Å². The number of aryl methyl sites for hydroxylation is 1. The lowest BCUT2D eigenvalue weighted by Gasteiger charge is -2.32. The summed E-state index contributed by atoms with van der Waals surface area (Å²) in [6.45, 7) is 1.58. The number of aliphatic hydroxyl groups excluding tert-OH is 1. The van der Waals surface area contributed by atoms with Crippen LogP contribution in [0.1, 0.15) is 42.1 Å². The van der Waals surface area contributed by atoms with Crippen LogP contribution in [-0.4, -0.2) is 39.4 Å². The van der Waals surface area contributed by atoms with Crippen molar-refractivity contribution in [2.45, 2.75) is 31.7 Å². The Hall–Kier alpha value is -4.44. The number of nitrogen functional groups attached to an aromatic ring is 1. The van der Waals surface area contributed by atoms with Crippen LogP contribution in [0, 0.1) is 11.7 Å². The Labute approximate surface area is 231 Å². The van der Waals surface area contributed by atoms with E-state index >= 15 is 0 Å². The van der Waals surface area contributed by atoms with Crippen LogP contribution < -0.4 is 22.0 Å². The summed E-state index contributed by atoms with van der Waals surface area (Å²) in [5.74, 6) is 5.36. The predicted octanol–water partition coefficient (Wildman–Crippen LogP) is 2.91. The number of pyridine rings is 1. The van der Waals surface area contributed by atoms with Crippen LogP contribution >= 0.6 is 0 Å². The average molecular weight is 545 g/mol. The Morgan fingerprint density at radius 2 is 1.93 bits per heavy atom. The summed E-state index contributed by atoms with van der Waals surface area (Å²) in [4.78, 5) is 30.0. The minimum atomic E-state index is -1.14. The standard InChI is InChI=1S/C30H33FN6O3/c1-3-30(17-38,22-5-4-6-23(31)15-22)35-29(40)25-16-36(2)26-10-9-20(13-24(25)26)21-11-12-37(32)27(14-21)33-18-34-28(39)19-7-8-19/h4-6,9-16,19,38H,3,7-8,17-18,32H2,1-2H3,(H,34,39)(H,35,40)/b33-27-. The van der Waals surface area contributed by atoms with E-state index < -0.39 is 11.4 Å². The van der Waals surface area contributed by atoms with Crippen LogP contribution in [0.15, 0.2) is 72.0 Å². The summed E-state index contributed by atoms with van der Waals surface area (Å²) >= 11 is 0. The molecular formula is C30H33FN6O3. The van der Waals surface area contributed by atoms with Crippen LogP contribution in [-0.2, 0) is 17.4 Å². The molecule has 2 amide bonds. The summed E-state index contributed by atoms with van der Waals surface area (Å²) in [6, 6.07) is 15.4. The molecule has 208 valence electrons. The highest BCUT2D eigenvalue weighted by molar-refractivity contribution is 6.08. The van der Waals surface area contributed by atoms with Crippen molar-refractivity contribution >= 4 is 22.7 Å². The van der Waals surface area contributed by atoms with Gasteiger partial charge in [-0.3, -0.25) is 14.3 Å². The first-order valence-corrected chi connectivity index (χ1v) is 13.3. The van der Waals surface area contributed by atoms with Crippen molar-refractivity contribution in [2.24, 2.45) is 18.0 Å². The van der Waals surface area contributed by atoms with Crippen LogP contribution in [0.4, 0.5) is 4.39 Å². The molecule has 0 aliphatic heterocycles. The molecule has 0 bridgehead atoms. The number of amides is 2. The number of halogens is 1. The molecule has 0 saturated heterocycles. The zero-order valence-corrected chi connectivity index (χ0v) is 22.5. The van der Waals surface area contributed by atoms with Crippen LogP contribution in [0.5, 0.6) is 0 Å². The average Bonchev–Trinajstić information content (AvgIpc) is 3.76. The lowest BCUT2D eigenvalue weighted by molar-refractivity contribution is -0.122. The van der Waals surface area contributed by atoms with Gasteiger partial charge in [-0.15, -0.1) is 0 Å². The van der Waals surface area contributed by atoms with E-state index in [1.54, 1.807) is 24.5 Å². The van der Waals surface area contributed by atoms with E-state index in [2.05, 4.69) is 15.6 Å². The SMILES string of the molecule is CCC(CO)(NC(=O)c1cn(C)c2ccc(-c3ccn(N)/c(=N\CNC(=O)C4CC4)c3)cc12)c1cccc(F)c1. The molecule has 1 fully saturated rings. The minimum absolute atomic E-state index is 0.00880. The first kappa shape index (κ1) is 27.1. The van der Waals surface area contributed by atoms with Gasteiger partial charge in [-0.1, -0.05) is 25.1 Å². The molecule has 1 aliphatic rings. The van der Waals surface area contributed by atoms with Gasteiger partial charge in [-0.2, -0.15) is 0 Å². The quantitative estimate of drug-likeness (QED) is 0.242. The number of nitrogens with two attached hydrogens (primary N) is 1. The number of nitrogens with one attached hydrogen (secondary N) is 2. The molecule has 4 aromatic rings. The van der Waals surface area contributed by atoms with Crippen LogP contribution in [0.3, 0.4) is 0 Å². The molecule has 40 heavy (non-hydrogen) atoms. The Bertz CT molecular complexity index is 1650. The molecule has 2 aromatic carbocycles. The first-order valence-electron chi connectivity index (χ1n) is 13.3. The van der Waals surface area contributed by atoms with Crippen LogP contribution in [0.25, 0.3) is 22.0 Å². The second kappa shape index (κ2) is 11.0. The van der Waals surface area contributed by atoms with Crippen molar-refractivity contribution in [3.63, 3.8) is 0 Å². The molecule has 1 unspecified atom stereocenters. The van der Waals surface area contributed by atoms with E-state index in [1.807, 2.05) is 48.9 Å². The number of aliphatic hydroxyl groups is 1. The topological polar surface area (TPSA) is 127 Å². The van der Waals surface area contributed by atoms with Gasteiger partial charge in [0.1, 0.15) is 18.0 Å². The molecule has 0 radical (unpaired) electrons. The Morgan fingerprint density at radius 3 is 2.62 bits per heavy atom. The molecule has 5 N–H and O–H groups in total. The van der Waals surface area contributed by atoms with E-state index in [0.717, 1.165) is 34.9 Å². The van der Waals surface area contributed by atoms with Gasteiger partial charge in [-0.05, 0) is 72.4 Å². The summed E-state index contributed by atoms with van der Waals surface area (Å²) in [6.07, 6.45) is 5.64. The smallest absolute Gasteiger partial charge is 0.254 e. The largest absolute Gasteiger partial charge is 0.394 e. The highest BCUT2D eigenvalue weighted by atomic mass is 19.1. The van der Waals surface area contributed by atoms with Gasteiger partial charge in [-0.25, -0.2) is 9.38 Å². The lowest BCUT2D eigenvalue weighted by atomic mass is 9.87. The Balaban J connectivity index is 1.47. The third-order valence-corrected chi connectivity index (χ3v) is 7.58. The molecule has 1 aliphatic carbocycles. The van der Waals surface area contributed by atoms with E-state index in [4.69, 9.17) is 5.84 Å². The molecule has 5 rings (SSSR count). The monoisotopic (exact) mass is 544 g/mol. The first-order chi connectivity index (χ1) is 19.2. The molecule has 0 spiro atoms. The third kappa shape index (κ3) is 5.35. The fraction of sp³-hybridized carbons (Fsp3) is 0.300. The number of hydrogen-bond donors (Lipinski definition) is 4. The second-order valence-electron chi connectivity index (χ2n) is 10.3.